The quantitative estimate of drug-likeness (QED) is 0.136. The van der Waals surface area contributed by atoms with Gasteiger partial charge in [0.05, 0.1) is 28.0 Å². The van der Waals surface area contributed by atoms with Crippen LogP contribution in [0, 0.1) is 10.1 Å². The number of pyridine rings is 1. The number of nitro groups is 1. The molecule has 1 unspecified atom stereocenters. The van der Waals surface area contributed by atoms with Crippen molar-refractivity contribution in [3.63, 3.8) is 0 Å². The molecule has 1 saturated heterocycles. The van der Waals surface area contributed by atoms with E-state index in [0.29, 0.717) is 28.4 Å². The molecule has 4 heterocycles. The molecular formula is C35H23N5O8. The molecule has 7 rings (SSSR count). The van der Waals surface area contributed by atoms with Gasteiger partial charge >= 0.3 is 0 Å². The normalized spacial score (nSPS) is 15.7. The zero-order valence-corrected chi connectivity index (χ0v) is 24.8. The van der Waals surface area contributed by atoms with Crippen molar-refractivity contribution in [1.29, 1.82) is 0 Å². The van der Waals surface area contributed by atoms with Crippen molar-refractivity contribution in [2.75, 3.05) is 5.32 Å². The van der Waals surface area contributed by atoms with Crippen molar-refractivity contribution in [3.8, 4) is 33.8 Å². The van der Waals surface area contributed by atoms with Gasteiger partial charge in [-0.25, -0.2) is 4.98 Å². The van der Waals surface area contributed by atoms with E-state index in [-0.39, 0.29) is 35.2 Å². The predicted octanol–water partition coefficient (Wildman–Crippen LogP) is 5.24. The fraction of sp³-hybridized carbons (Fsp3) is 0.0857. The number of nitrogens with one attached hydrogen (secondary N) is 2. The summed E-state index contributed by atoms with van der Waals surface area (Å²) >= 11 is 0. The van der Waals surface area contributed by atoms with Crippen LogP contribution in [0.15, 0.2) is 102 Å². The standard InChI is InChI=1S/C35H23N5O8/c41-31-14-13-29(33(43)38-31)39-34(44)25-12-7-21(16-26(25)35(39)45)32(42)36-23-8-3-19(4-9-23)22-17-27(20-5-10-24(11-6-20)40(46)47)37-28(18-22)30-2-1-15-48-30/h1-12,15-18,29H,13-14H2,(H,36,42)(H,38,41,43). The molecule has 3 aromatic carbocycles. The van der Waals surface area contributed by atoms with E-state index in [9.17, 15) is 34.1 Å². The lowest BCUT2D eigenvalue weighted by Gasteiger charge is -2.27. The number of non-ortho nitro benzene ring substituents is 1. The zero-order chi connectivity index (χ0) is 33.5. The average Bonchev–Trinajstić information content (AvgIpc) is 3.72. The van der Waals surface area contributed by atoms with E-state index in [4.69, 9.17) is 9.40 Å². The number of nitro benzene ring substituents is 1. The van der Waals surface area contributed by atoms with Crippen molar-refractivity contribution in [2.24, 2.45) is 0 Å². The Balaban J connectivity index is 1.11. The van der Waals surface area contributed by atoms with Gasteiger partial charge in [0.1, 0.15) is 11.7 Å². The number of anilines is 1. The van der Waals surface area contributed by atoms with Gasteiger partial charge in [-0.1, -0.05) is 12.1 Å². The summed E-state index contributed by atoms with van der Waals surface area (Å²) in [6.07, 6.45) is 1.57. The number of amides is 5. The first-order valence-corrected chi connectivity index (χ1v) is 14.7. The Kier molecular flexibility index (Phi) is 7.40. The molecule has 236 valence electrons. The van der Waals surface area contributed by atoms with Crippen LogP contribution in [-0.2, 0) is 9.59 Å². The predicted molar refractivity (Wildman–Crippen MR) is 171 cm³/mol. The van der Waals surface area contributed by atoms with Crippen molar-refractivity contribution >= 4 is 40.9 Å². The van der Waals surface area contributed by atoms with E-state index in [0.717, 1.165) is 16.0 Å². The lowest BCUT2D eigenvalue weighted by atomic mass is 10.0. The van der Waals surface area contributed by atoms with Gasteiger partial charge in [0.15, 0.2) is 5.76 Å². The maximum Gasteiger partial charge on any atom is 0.269 e. The molecule has 5 aromatic rings. The van der Waals surface area contributed by atoms with Gasteiger partial charge in [-0.05, 0) is 84.3 Å². The summed E-state index contributed by atoms with van der Waals surface area (Å²) in [7, 11) is 0. The summed E-state index contributed by atoms with van der Waals surface area (Å²) in [6, 6.07) is 23.3. The number of piperidine rings is 1. The molecule has 1 fully saturated rings. The number of imide groups is 2. The van der Waals surface area contributed by atoms with Gasteiger partial charge in [0, 0.05) is 35.4 Å². The Bertz CT molecular complexity index is 2160. The summed E-state index contributed by atoms with van der Waals surface area (Å²) in [6.45, 7) is 0. The van der Waals surface area contributed by atoms with Crippen LogP contribution in [0.2, 0.25) is 0 Å². The van der Waals surface area contributed by atoms with Crippen LogP contribution < -0.4 is 10.6 Å². The zero-order valence-electron chi connectivity index (χ0n) is 24.8. The molecule has 0 spiro atoms. The minimum absolute atomic E-state index is 0.00146. The number of hydrogen-bond donors (Lipinski definition) is 2. The highest BCUT2D eigenvalue weighted by Gasteiger charge is 2.44. The topological polar surface area (TPSA) is 182 Å². The number of benzene rings is 3. The highest BCUT2D eigenvalue weighted by atomic mass is 16.6. The second kappa shape index (κ2) is 11.9. The third-order valence-corrected chi connectivity index (χ3v) is 8.15. The van der Waals surface area contributed by atoms with Crippen LogP contribution in [0.5, 0.6) is 0 Å². The van der Waals surface area contributed by atoms with Crippen molar-refractivity contribution in [3.05, 3.63) is 124 Å². The Morgan fingerprint density at radius 1 is 0.854 bits per heavy atom. The molecule has 0 saturated carbocycles. The minimum Gasteiger partial charge on any atom is -0.463 e. The average molecular weight is 642 g/mol. The molecule has 0 aliphatic carbocycles. The Morgan fingerprint density at radius 3 is 2.25 bits per heavy atom. The lowest BCUT2D eigenvalue weighted by Crippen LogP contribution is -2.54. The number of carbonyl (C=O) groups is 5. The van der Waals surface area contributed by atoms with E-state index < -0.39 is 40.5 Å². The highest BCUT2D eigenvalue weighted by molar-refractivity contribution is 6.24. The highest BCUT2D eigenvalue weighted by Crippen LogP contribution is 2.32. The summed E-state index contributed by atoms with van der Waals surface area (Å²) in [5.74, 6) is -2.52. The SMILES string of the molecule is O=C1CCC(N2C(=O)c3ccc(C(=O)Nc4ccc(-c5cc(-c6ccc([N+](=O)[O-])cc6)nc(-c6ccco6)c5)cc4)cc3C2=O)C(=O)N1. The number of fused-ring (bicyclic) bond motifs is 1. The maximum atomic E-state index is 13.2. The number of furan rings is 1. The number of aromatic nitrogens is 1. The van der Waals surface area contributed by atoms with Gasteiger partial charge < -0.3 is 9.73 Å². The molecule has 13 heteroatoms. The number of hydrogen-bond acceptors (Lipinski definition) is 9. The second-order valence-corrected chi connectivity index (χ2v) is 11.1. The van der Waals surface area contributed by atoms with Gasteiger partial charge in [-0.3, -0.25) is 44.3 Å². The van der Waals surface area contributed by atoms with Crippen LogP contribution in [0.1, 0.15) is 43.9 Å². The van der Waals surface area contributed by atoms with Gasteiger partial charge in [0.2, 0.25) is 11.8 Å². The molecule has 0 radical (unpaired) electrons. The van der Waals surface area contributed by atoms with Crippen molar-refractivity contribution in [1.82, 2.24) is 15.2 Å². The molecule has 2 N–H and O–H groups in total. The molecule has 48 heavy (non-hydrogen) atoms. The third kappa shape index (κ3) is 5.49. The molecule has 1 atom stereocenters. The van der Waals surface area contributed by atoms with Gasteiger partial charge in [-0.15, -0.1) is 0 Å². The molecular weight excluding hydrogens is 618 g/mol. The maximum absolute atomic E-state index is 13.2. The van der Waals surface area contributed by atoms with Crippen molar-refractivity contribution in [2.45, 2.75) is 18.9 Å². The van der Waals surface area contributed by atoms with E-state index in [2.05, 4.69) is 10.6 Å². The molecule has 5 amide bonds. The molecule has 2 aliphatic heterocycles. The van der Waals surface area contributed by atoms with E-state index in [1.807, 2.05) is 12.1 Å². The molecule has 13 nitrogen and oxygen atoms in total. The fourth-order valence-corrected chi connectivity index (χ4v) is 5.71. The van der Waals surface area contributed by atoms with E-state index >= 15 is 0 Å². The van der Waals surface area contributed by atoms with Crippen LogP contribution in [0.3, 0.4) is 0 Å². The molecule has 0 bridgehead atoms. The van der Waals surface area contributed by atoms with Crippen LogP contribution >= 0.6 is 0 Å². The molecule has 2 aromatic heterocycles. The number of rotatable bonds is 7. The monoisotopic (exact) mass is 641 g/mol. The first kappa shape index (κ1) is 29.9. The second-order valence-electron chi connectivity index (χ2n) is 11.1. The smallest absolute Gasteiger partial charge is 0.269 e. The summed E-state index contributed by atoms with van der Waals surface area (Å²) in [5, 5.41) is 16.1. The number of nitrogens with zero attached hydrogens (tertiary/aromatic N) is 3. The van der Waals surface area contributed by atoms with Crippen molar-refractivity contribution < 1.29 is 33.3 Å². The van der Waals surface area contributed by atoms with Crippen LogP contribution in [0.4, 0.5) is 11.4 Å². The van der Waals surface area contributed by atoms with Crippen LogP contribution in [0.25, 0.3) is 33.8 Å². The summed E-state index contributed by atoms with van der Waals surface area (Å²) < 4.78 is 5.57. The summed E-state index contributed by atoms with van der Waals surface area (Å²) in [5.41, 5.74) is 4.03. The molecule has 2 aliphatic rings. The number of carbonyl (C=O) groups excluding carboxylic acids is 5. The Morgan fingerprint density at radius 2 is 1.56 bits per heavy atom. The first-order valence-electron chi connectivity index (χ1n) is 14.7. The summed E-state index contributed by atoms with van der Waals surface area (Å²) in [4.78, 5) is 79.4. The first-order chi connectivity index (χ1) is 23.2. The Hall–Kier alpha value is -6.76. The third-order valence-electron chi connectivity index (χ3n) is 8.15. The largest absolute Gasteiger partial charge is 0.463 e. The van der Waals surface area contributed by atoms with Crippen LogP contribution in [-0.4, -0.2) is 50.4 Å². The fourth-order valence-electron chi connectivity index (χ4n) is 5.71. The lowest BCUT2D eigenvalue weighted by molar-refractivity contribution is -0.384. The van der Waals surface area contributed by atoms with E-state index in [1.165, 1.54) is 36.6 Å². The van der Waals surface area contributed by atoms with E-state index in [1.54, 1.807) is 48.5 Å². The Labute approximate surface area is 271 Å². The van der Waals surface area contributed by atoms with Gasteiger partial charge in [-0.2, -0.15) is 0 Å². The minimum atomic E-state index is -1.10. The van der Waals surface area contributed by atoms with Gasteiger partial charge in [0.25, 0.3) is 23.4 Å².